The van der Waals surface area contributed by atoms with Crippen LogP contribution in [0.5, 0.6) is 0 Å². The van der Waals surface area contributed by atoms with Crippen molar-refractivity contribution in [2.24, 2.45) is 0 Å². The molecule has 0 amide bonds. The zero-order valence-electron chi connectivity index (χ0n) is 12.5. The first-order chi connectivity index (χ1) is 11.6. The number of alkyl halides is 7. The summed E-state index contributed by atoms with van der Waals surface area (Å²) >= 11 is 8.06. The van der Waals surface area contributed by atoms with Gasteiger partial charge in [-0.1, -0.05) is 40.2 Å². The molecule has 0 aliphatic carbocycles. The Morgan fingerprint density at radius 2 is 1.28 bits per heavy atom. The van der Waals surface area contributed by atoms with Gasteiger partial charge in [-0.3, -0.25) is 0 Å². The third-order valence-electron chi connectivity index (χ3n) is 2.74. The highest BCUT2D eigenvalue weighted by Crippen LogP contribution is 2.36. The van der Waals surface area contributed by atoms with Gasteiger partial charge in [0, 0.05) is 20.9 Å². The van der Waals surface area contributed by atoms with Crippen molar-refractivity contribution in [3.8, 4) is 0 Å². The van der Waals surface area contributed by atoms with Gasteiger partial charge in [0.25, 0.3) is 0 Å². The lowest BCUT2D eigenvalue weighted by molar-refractivity contribution is -0.140. The summed E-state index contributed by atoms with van der Waals surface area (Å²) in [5.41, 5.74) is -1.24. The molecule has 0 radical (unpaired) electrons. The molecule has 2 aromatic rings. The Labute approximate surface area is 159 Å². The minimum absolute atomic E-state index is 0.0417. The van der Waals surface area contributed by atoms with Crippen LogP contribution in [0.15, 0.2) is 58.3 Å². The van der Waals surface area contributed by atoms with Crippen molar-refractivity contribution >= 4 is 40.3 Å². The summed E-state index contributed by atoms with van der Waals surface area (Å²) < 4.78 is 73.4. The van der Waals surface area contributed by atoms with Gasteiger partial charge in [0.15, 0.2) is 0 Å². The summed E-state index contributed by atoms with van der Waals surface area (Å²) in [5.74, 6) is 0.632. The van der Waals surface area contributed by atoms with Crippen LogP contribution in [0.3, 0.4) is 0 Å². The monoisotopic (exact) mass is 462 g/mol. The summed E-state index contributed by atoms with van der Waals surface area (Å²) in [7, 11) is 0. The Bertz CT molecular complexity index is 670. The number of rotatable bonds is 3. The average molecular weight is 463 g/mol. The molecule has 0 spiro atoms. The van der Waals surface area contributed by atoms with Crippen molar-refractivity contribution in [1.29, 1.82) is 0 Å². The van der Waals surface area contributed by atoms with E-state index in [1.165, 1.54) is 42.1 Å². The highest BCUT2D eigenvalue weighted by atomic mass is 79.9. The van der Waals surface area contributed by atoms with Crippen LogP contribution < -0.4 is 0 Å². The number of halogens is 7. The van der Waals surface area contributed by atoms with E-state index in [-0.39, 0.29) is 4.90 Å². The quantitative estimate of drug-likeness (QED) is 0.218. The van der Waals surface area contributed by atoms with Gasteiger partial charge in [-0.05, 0) is 24.3 Å². The topological polar surface area (TPSA) is 0 Å². The SMILES string of the molecule is FC(F)(F)c1ccccc1S.FC(F)(F)c1ccccc1SCCBr. The summed E-state index contributed by atoms with van der Waals surface area (Å²) in [6.07, 6.45) is -8.55. The van der Waals surface area contributed by atoms with E-state index in [9.17, 15) is 26.3 Å². The number of hydrogen-bond acceptors (Lipinski definition) is 2. The van der Waals surface area contributed by atoms with Gasteiger partial charge in [-0.25, -0.2) is 0 Å². The highest BCUT2D eigenvalue weighted by Gasteiger charge is 2.33. The second-order valence-electron chi connectivity index (χ2n) is 4.55. The lowest BCUT2D eigenvalue weighted by Crippen LogP contribution is -2.06. The first-order valence-corrected chi connectivity index (χ1v) is 9.33. The molecule has 0 atom stereocenters. The normalized spacial score (nSPS) is 11.7. The molecule has 0 bridgehead atoms. The molecule has 0 N–H and O–H groups in total. The second-order valence-corrected chi connectivity index (χ2v) is 6.96. The fourth-order valence-electron chi connectivity index (χ4n) is 1.69. The highest BCUT2D eigenvalue weighted by molar-refractivity contribution is 9.09. The lowest BCUT2D eigenvalue weighted by atomic mass is 10.2. The van der Waals surface area contributed by atoms with Gasteiger partial charge in [0.2, 0.25) is 0 Å². The number of thioether (sulfide) groups is 1. The molecule has 0 aromatic heterocycles. The first-order valence-electron chi connectivity index (χ1n) is 6.77. The molecule has 0 nitrogen and oxygen atoms in total. The zero-order valence-corrected chi connectivity index (χ0v) is 15.8. The minimum Gasteiger partial charge on any atom is -0.166 e. The predicted molar refractivity (Wildman–Crippen MR) is 94.7 cm³/mol. The molecule has 9 heteroatoms. The van der Waals surface area contributed by atoms with Crippen LogP contribution in [0.4, 0.5) is 26.3 Å². The van der Waals surface area contributed by atoms with Crippen molar-refractivity contribution in [2.75, 3.05) is 11.1 Å². The summed E-state index contributed by atoms with van der Waals surface area (Å²) in [5, 5.41) is 0.684. The van der Waals surface area contributed by atoms with E-state index in [1.54, 1.807) is 6.07 Å². The maximum atomic E-state index is 12.5. The molecule has 0 fully saturated rings. The Morgan fingerprint density at radius 3 is 1.72 bits per heavy atom. The smallest absolute Gasteiger partial charge is 0.166 e. The molecular formula is C16H13BrF6S2. The molecule has 0 unspecified atom stereocenters. The van der Waals surface area contributed by atoms with E-state index in [4.69, 9.17) is 0 Å². The van der Waals surface area contributed by atoms with E-state index in [0.29, 0.717) is 16.0 Å². The van der Waals surface area contributed by atoms with Crippen LogP contribution in [0.2, 0.25) is 0 Å². The number of benzene rings is 2. The average Bonchev–Trinajstić information content (AvgIpc) is 2.52. The van der Waals surface area contributed by atoms with Crippen molar-refractivity contribution in [3.63, 3.8) is 0 Å². The second kappa shape index (κ2) is 9.78. The fourth-order valence-corrected chi connectivity index (χ4v) is 3.27. The van der Waals surface area contributed by atoms with E-state index >= 15 is 0 Å². The van der Waals surface area contributed by atoms with E-state index in [0.717, 1.165) is 12.1 Å². The van der Waals surface area contributed by atoms with E-state index in [1.807, 2.05) is 0 Å². The van der Waals surface area contributed by atoms with Gasteiger partial charge in [0.05, 0.1) is 11.1 Å². The van der Waals surface area contributed by atoms with Crippen LogP contribution in [-0.2, 0) is 12.4 Å². The standard InChI is InChI=1S/C9H8BrF3S.C7H5F3S/c10-5-6-14-8-4-2-1-3-7(8)9(11,12)13;8-7(9,10)5-3-1-2-4-6(5)11/h1-4H,5-6H2;1-4,11H. The predicted octanol–water partition coefficient (Wildman–Crippen LogP) is 7.19. The van der Waals surface area contributed by atoms with E-state index < -0.39 is 23.5 Å². The maximum absolute atomic E-state index is 12.5. The summed E-state index contributed by atoms with van der Waals surface area (Å²) in [6, 6.07) is 10.8. The van der Waals surface area contributed by atoms with Gasteiger partial charge >= 0.3 is 12.4 Å². The van der Waals surface area contributed by atoms with Crippen molar-refractivity contribution in [3.05, 3.63) is 59.7 Å². The zero-order chi connectivity index (χ0) is 19.1. The molecule has 2 rings (SSSR count). The molecular weight excluding hydrogens is 450 g/mol. The first kappa shape index (κ1) is 22.2. The molecule has 0 saturated heterocycles. The van der Waals surface area contributed by atoms with E-state index in [2.05, 4.69) is 28.6 Å². The van der Waals surface area contributed by atoms with Crippen molar-refractivity contribution in [1.82, 2.24) is 0 Å². The number of thiol groups is 1. The molecule has 2 aromatic carbocycles. The molecule has 138 valence electrons. The van der Waals surface area contributed by atoms with Gasteiger partial charge in [-0.2, -0.15) is 26.3 Å². The summed E-state index contributed by atoms with van der Waals surface area (Å²) in [4.78, 5) is 0.249. The minimum atomic E-state index is -4.29. The summed E-state index contributed by atoms with van der Waals surface area (Å²) in [6.45, 7) is 0. The van der Waals surface area contributed by atoms with Crippen LogP contribution in [0.25, 0.3) is 0 Å². The lowest BCUT2D eigenvalue weighted by Gasteiger charge is -2.11. The number of hydrogen-bond donors (Lipinski definition) is 1. The molecule has 0 heterocycles. The van der Waals surface area contributed by atoms with Gasteiger partial charge < -0.3 is 0 Å². The third-order valence-corrected chi connectivity index (χ3v) is 5.12. The Hall–Kier alpha value is -0.800. The Morgan fingerprint density at radius 1 is 0.800 bits per heavy atom. The maximum Gasteiger partial charge on any atom is 0.417 e. The molecule has 25 heavy (non-hydrogen) atoms. The van der Waals surface area contributed by atoms with Crippen LogP contribution in [0, 0.1) is 0 Å². The van der Waals surface area contributed by atoms with Gasteiger partial charge in [0.1, 0.15) is 0 Å². The molecule has 0 saturated carbocycles. The third kappa shape index (κ3) is 7.53. The largest absolute Gasteiger partial charge is 0.417 e. The van der Waals surface area contributed by atoms with Crippen LogP contribution in [-0.4, -0.2) is 11.1 Å². The Kier molecular flexibility index (Phi) is 8.70. The molecule has 0 aliphatic rings. The fraction of sp³-hybridized carbons (Fsp3) is 0.250. The van der Waals surface area contributed by atoms with Crippen molar-refractivity contribution < 1.29 is 26.3 Å². The van der Waals surface area contributed by atoms with Crippen LogP contribution in [0.1, 0.15) is 11.1 Å². The molecule has 0 aliphatic heterocycles. The Balaban J connectivity index is 0.000000257. The van der Waals surface area contributed by atoms with Gasteiger partial charge in [-0.15, -0.1) is 24.4 Å². The van der Waals surface area contributed by atoms with Crippen LogP contribution >= 0.6 is 40.3 Å². The van der Waals surface area contributed by atoms with Crippen molar-refractivity contribution in [2.45, 2.75) is 22.1 Å².